The van der Waals surface area contributed by atoms with Gasteiger partial charge in [-0.1, -0.05) is 54.6 Å². The Bertz CT molecular complexity index is 1020. The third kappa shape index (κ3) is 3.31. The molecule has 1 atom stereocenters. The Morgan fingerprint density at radius 2 is 1.78 bits per heavy atom. The number of non-ortho nitro benzene ring substituents is 1. The van der Waals surface area contributed by atoms with Gasteiger partial charge in [-0.25, -0.2) is 0 Å². The molecule has 134 valence electrons. The van der Waals surface area contributed by atoms with Gasteiger partial charge in [0, 0.05) is 35.8 Å². The molecule has 1 aliphatic rings. The van der Waals surface area contributed by atoms with Gasteiger partial charge in [0.05, 0.1) is 10.5 Å². The highest BCUT2D eigenvalue weighted by Gasteiger charge is 2.26. The number of carbonyl (C=O) groups is 1. The lowest BCUT2D eigenvalue weighted by Crippen LogP contribution is -2.24. The Labute approximate surface area is 156 Å². The minimum absolute atomic E-state index is 0.0891. The van der Waals surface area contributed by atoms with E-state index < -0.39 is 4.92 Å². The van der Waals surface area contributed by atoms with Crippen molar-refractivity contribution in [2.24, 2.45) is 0 Å². The third-order valence-corrected chi connectivity index (χ3v) is 4.99. The normalized spacial score (nSPS) is 14.7. The first-order valence-corrected chi connectivity index (χ1v) is 8.83. The van der Waals surface area contributed by atoms with Gasteiger partial charge in [-0.3, -0.25) is 14.9 Å². The van der Waals surface area contributed by atoms with Crippen LogP contribution in [0.25, 0.3) is 0 Å². The average molecular weight is 358 g/mol. The smallest absolute Gasteiger partial charge is 0.270 e. The highest BCUT2D eigenvalue weighted by molar-refractivity contribution is 6.12. The summed E-state index contributed by atoms with van der Waals surface area (Å²) in [5.74, 6) is 0.159. The zero-order chi connectivity index (χ0) is 18.8. The maximum absolute atomic E-state index is 12.9. The Kier molecular flexibility index (Phi) is 4.42. The van der Waals surface area contributed by atoms with Crippen LogP contribution in [0.5, 0.6) is 0 Å². The zero-order valence-electron chi connectivity index (χ0n) is 14.6. The summed E-state index contributed by atoms with van der Waals surface area (Å²) in [4.78, 5) is 23.6. The highest BCUT2D eigenvalue weighted by atomic mass is 16.6. The predicted octanol–water partition coefficient (Wildman–Crippen LogP) is 4.58. The fourth-order valence-corrected chi connectivity index (χ4v) is 3.51. The number of nitro benzene ring substituents is 1. The molecule has 0 saturated carbocycles. The summed E-state index contributed by atoms with van der Waals surface area (Å²) >= 11 is 0. The number of carbonyl (C=O) groups excluding carboxylic acids is 1. The van der Waals surface area contributed by atoms with Crippen LogP contribution >= 0.6 is 0 Å². The number of hydrogen-bond donors (Lipinski definition) is 1. The van der Waals surface area contributed by atoms with E-state index in [1.54, 1.807) is 30.3 Å². The van der Waals surface area contributed by atoms with Crippen LogP contribution in [-0.4, -0.2) is 17.3 Å². The monoisotopic (exact) mass is 358 g/mol. The maximum atomic E-state index is 12.9. The maximum Gasteiger partial charge on any atom is 0.270 e. The first-order chi connectivity index (χ1) is 13.1. The van der Waals surface area contributed by atoms with E-state index in [9.17, 15) is 14.9 Å². The average Bonchev–Trinajstić information content (AvgIpc) is 2.68. The summed E-state index contributed by atoms with van der Waals surface area (Å²) in [7, 11) is 0. The van der Waals surface area contributed by atoms with E-state index in [0.717, 1.165) is 6.42 Å². The SMILES string of the molecule is O=C(c1ccccc1)c1cc([N+](=O)[O-])ccc1NC[C@@H]1Cc2ccccc21. The summed E-state index contributed by atoms with van der Waals surface area (Å²) in [6.45, 7) is 0.684. The minimum atomic E-state index is -0.478. The number of ketones is 1. The van der Waals surface area contributed by atoms with Crippen LogP contribution in [0, 0.1) is 10.1 Å². The van der Waals surface area contributed by atoms with E-state index in [2.05, 4.69) is 17.4 Å². The Hall–Kier alpha value is -3.47. The topological polar surface area (TPSA) is 72.2 Å². The number of anilines is 1. The fourth-order valence-electron chi connectivity index (χ4n) is 3.51. The van der Waals surface area contributed by atoms with Crippen LogP contribution in [0.1, 0.15) is 33.0 Å². The first-order valence-electron chi connectivity index (χ1n) is 8.83. The van der Waals surface area contributed by atoms with Gasteiger partial charge in [0.1, 0.15) is 0 Å². The summed E-state index contributed by atoms with van der Waals surface area (Å²) in [5.41, 5.74) is 4.04. The fraction of sp³-hybridized carbons (Fsp3) is 0.136. The molecule has 0 amide bonds. The number of hydrogen-bond acceptors (Lipinski definition) is 4. The molecule has 0 bridgehead atoms. The molecule has 3 aromatic rings. The van der Waals surface area contributed by atoms with Gasteiger partial charge in [0.15, 0.2) is 5.78 Å². The molecule has 0 fully saturated rings. The molecule has 5 nitrogen and oxygen atoms in total. The van der Waals surface area contributed by atoms with Crippen molar-refractivity contribution in [1.29, 1.82) is 0 Å². The van der Waals surface area contributed by atoms with Crippen LogP contribution in [0.15, 0.2) is 72.8 Å². The Morgan fingerprint density at radius 1 is 1.04 bits per heavy atom. The molecule has 1 N–H and O–H groups in total. The summed E-state index contributed by atoms with van der Waals surface area (Å²) < 4.78 is 0. The van der Waals surface area contributed by atoms with Crippen molar-refractivity contribution < 1.29 is 9.72 Å². The van der Waals surface area contributed by atoms with E-state index in [0.29, 0.717) is 29.3 Å². The second kappa shape index (κ2) is 7.03. The van der Waals surface area contributed by atoms with Crippen molar-refractivity contribution >= 4 is 17.2 Å². The van der Waals surface area contributed by atoms with E-state index >= 15 is 0 Å². The van der Waals surface area contributed by atoms with Crippen LogP contribution in [0.4, 0.5) is 11.4 Å². The van der Waals surface area contributed by atoms with Crippen molar-refractivity contribution in [1.82, 2.24) is 0 Å². The van der Waals surface area contributed by atoms with Crippen molar-refractivity contribution in [3.05, 3.63) is 105 Å². The Balaban J connectivity index is 1.60. The van der Waals surface area contributed by atoms with Crippen LogP contribution in [0.2, 0.25) is 0 Å². The van der Waals surface area contributed by atoms with Gasteiger partial charge in [-0.2, -0.15) is 0 Å². The molecule has 0 spiro atoms. The summed E-state index contributed by atoms with van der Waals surface area (Å²) in [5, 5.41) is 14.5. The van der Waals surface area contributed by atoms with Crippen molar-refractivity contribution in [3.8, 4) is 0 Å². The van der Waals surface area contributed by atoms with E-state index in [1.165, 1.54) is 23.3 Å². The first kappa shape index (κ1) is 17.0. The summed E-state index contributed by atoms with van der Waals surface area (Å²) in [6, 6.07) is 21.5. The van der Waals surface area contributed by atoms with E-state index in [4.69, 9.17) is 0 Å². The second-order valence-corrected chi connectivity index (χ2v) is 6.66. The number of nitro groups is 1. The molecule has 1 aliphatic carbocycles. The van der Waals surface area contributed by atoms with Crippen LogP contribution in [0.3, 0.4) is 0 Å². The van der Waals surface area contributed by atoms with Gasteiger partial charge in [-0.05, 0) is 23.6 Å². The van der Waals surface area contributed by atoms with Gasteiger partial charge in [-0.15, -0.1) is 0 Å². The number of benzene rings is 3. The van der Waals surface area contributed by atoms with Gasteiger partial charge < -0.3 is 5.32 Å². The predicted molar refractivity (Wildman–Crippen MR) is 104 cm³/mol. The molecule has 0 unspecified atom stereocenters. The largest absolute Gasteiger partial charge is 0.384 e. The van der Waals surface area contributed by atoms with Crippen molar-refractivity contribution in [2.45, 2.75) is 12.3 Å². The van der Waals surface area contributed by atoms with Gasteiger partial charge >= 0.3 is 0 Å². The molecule has 5 heteroatoms. The number of fused-ring (bicyclic) bond motifs is 1. The molecule has 0 aliphatic heterocycles. The molecule has 0 saturated heterocycles. The summed E-state index contributed by atoms with van der Waals surface area (Å²) in [6.07, 6.45) is 0.998. The highest BCUT2D eigenvalue weighted by Crippen LogP contribution is 2.35. The lowest BCUT2D eigenvalue weighted by atomic mass is 9.77. The zero-order valence-corrected chi connectivity index (χ0v) is 14.6. The van der Waals surface area contributed by atoms with Crippen molar-refractivity contribution in [2.75, 3.05) is 11.9 Å². The molecule has 0 aromatic heterocycles. The van der Waals surface area contributed by atoms with Crippen molar-refractivity contribution in [3.63, 3.8) is 0 Å². The lowest BCUT2D eigenvalue weighted by molar-refractivity contribution is -0.384. The van der Waals surface area contributed by atoms with Crippen LogP contribution in [-0.2, 0) is 6.42 Å². The quantitative estimate of drug-likeness (QED) is 0.398. The molecule has 3 aromatic carbocycles. The number of rotatable bonds is 6. The van der Waals surface area contributed by atoms with Gasteiger partial charge in [0.25, 0.3) is 5.69 Å². The molecule has 27 heavy (non-hydrogen) atoms. The van der Waals surface area contributed by atoms with E-state index in [-0.39, 0.29) is 11.5 Å². The van der Waals surface area contributed by atoms with Crippen LogP contribution < -0.4 is 5.32 Å². The standard InChI is InChI=1S/C22H18N2O3/c25-22(15-6-2-1-3-7-15)20-13-18(24(26)27)10-11-21(20)23-14-17-12-16-8-4-5-9-19(16)17/h1-11,13,17,23H,12,14H2/t17-/m0/s1. The molecular weight excluding hydrogens is 340 g/mol. The minimum Gasteiger partial charge on any atom is -0.384 e. The third-order valence-electron chi connectivity index (χ3n) is 4.99. The number of nitrogens with zero attached hydrogens (tertiary/aromatic N) is 1. The molecule has 0 radical (unpaired) electrons. The lowest BCUT2D eigenvalue weighted by Gasteiger charge is -2.30. The Morgan fingerprint density at radius 3 is 2.52 bits per heavy atom. The second-order valence-electron chi connectivity index (χ2n) is 6.66. The van der Waals surface area contributed by atoms with E-state index in [1.807, 2.05) is 18.2 Å². The molecular formula is C22H18N2O3. The molecule has 4 rings (SSSR count). The molecule has 0 heterocycles. The van der Waals surface area contributed by atoms with Gasteiger partial charge in [0.2, 0.25) is 0 Å². The number of nitrogens with one attached hydrogen (secondary N) is 1.